The molecule has 0 radical (unpaired) electrons. The van der Waals surface area contributed by atoms with Crippen molar-refractivity contribution in [2.75, 3.05) is 26.2 Å². The van der Waals surface area contributed by atoms with Crippen molar-refractivity contribution in [2.45, 2.75) is 40.8 Å². The van der Waals surface area contributed by atoms with Crippen molar-refractivity contribution in [1.29, 1.82) is 0 Å². The molecule has 0 spiro atoms. The van der Waals surface area contributed by atoms with E-state index in [2.05, 4.69) is 15.6 Å². The fraction of sp³-hybridized carbons (Fsp3) is 0.455. The maximum atomic E-state index is 10.4. The summed E-state index contributed by atoms with van der Waals surface area (Å²) >= 11 is 0. The van der Waals surface area contributed by atoms with Crippen LogP contribution in [0.25, 0.3) is 0 Å². The van der Waals surface area contributed by atoms with Crippen LogP contribution in [0.3, 0.4) is 0 Å². The zero-order chi connectivity index (χ0) is 30.2. The van der Waals surface area contributed by atoms with Gasteiger partial charge in [0.1, 0.15) is 6.17 Å². The van der Waals surface area contributed by atoms with E-state index in [-0.39, 0.29) is 6.17 Å². The number of benzene rings is 1. The number of nitrogens with one attached hydrogen (secondary N) is 2. The number of isocyanates is 1. The van der Waals surface area contributed by atoms with Crippen molar-refractivity contribution in [3.63, 3.8) is 0 Å². The molecule has 0 bridgehead atoms. The Balaban J connectivity index is -0.000000139. The minimum atomic E-state index is -0.833. The molecule has 0 fully saturated rings. The molecule has 9 N–H and O–H groups in total. The molecular weight excluding hydrogens is 496 g/mol. The molecule has 1 aromatic carbocycles. The molecule has 37 heavy (non-hydrogen) atoms. The van der Waals surface area contributed by atoms with Gasteiger partial charge in [-0.2, -0.15) is 4.99 Å². The lowest BCUT2D eigenvalue weighted by molar-refractivity contribution is -0.135. The second kappa shape index (κ2) is 34.0. The number of nitrogens with zero attached hydrogens (tertiary/aromatic N) is 1. The van der Waals surface area contributed by atoms with Gasteiger partial charge < -0.3 is 36.6 Å². The SMILES string of the molecule is CC(=O)O.CC(=O)O.CC(=O)O.CC(=O)O.CC(=O)O.NCCNCCNC(N=C=O)c1ccccc1. The van der Waals surface area contributed by atoms with Crippen LogP contribution in [0.4, 0.5) is 0 Å². The van der Waals surface area contributed by atoms with Crippen LogP contribution < -0.4 is 16.4 Å². The summed E-state index contributed by atoms with van der Waals surface area (Å²) in [6, 6.07) is 9.60. The van der Waals surface area contributed by atoms with Crippen LogP contribution in [-0.2, 0) is 28.8 Å². The van der Waals surface area contributed by atoms with Crippen LogP contribution in [0.1, 0.15) is 46.3 Å². The van der Waals surface area contributed by atoms with Crippen molar-refractivity contribution in [3.8, 4) is 0 Å². The van der Waals surface area contributed by atoms with E-state index in [0.717, 1.165) is 53.3 Å². The van der Waals surface area contributed by atoms with Crippen molar-refractivity contribution < 1.29 is 54.3 Å². The summed E-state index contributed by atoms with van der Waals surface area (Å²) in [5.41, 5.74) is 6.31. The molecule has 0 saturated heterocycles. The zero-order valence-electron chi connectivity index (χ0n) is 21.5. The molecule has 0 aliphatic heterocycles. The molecule has 0 saturated carbocycles. The Kier molecular flexibility index (Phi) is 39.5. The Morgan fingerprint density at radius 3 is 1.41 bits per heavy atom. The summed E-state index contributed by atoms with van der Waals surface area (Å²) in [6.07, 6.45) is 1.26. The minimum Gasteiger partial charge on any atom is -0.481 e. The van der Waals surface area contributed by atoms with E-state index in [4.69, 9.17) is 55.2 Å². The number of aliphatic carboxylic acids is 5. The highest BCUT2D eigenvalue weighted by molar-refractivity contribution is 5.63. The van der Waals surface area contributed by atoms with Gasteiger partial charge in [-0.1, -0.05) is 30.3 Å². The lowest BCUT2D eigenvalue weighted by Gasteiger charge is -2.13. The van der Waals surface area contributed by atoms with Gasteiger partial charge in [-0.15, -0.1) is 0 Å². The quantitative estimate of drug-likeness (QED) is 0.129. The normalized spacial score (nSPS) is 8.81. The van der Waals surface area contributed by atoms with Gasteiger partial charge >= 0.3 is 0 Å². The third-order valence-electron chi connectivity index (χ3n) is 2.26. The summed E-state index contributed by atoms with van der Waals surface area (Å²) in [5, 5.41) is 43.4. The number of carbonyl (C=O) groups is 5. The number of nitrogens with two attached hydrogens (primary N) is 1. The third kappa shape index (κ3) is 89.1. The van der Waals surface area contributed by atoms with Crippen LogP contribution in [-0.4, -0.2) is 87.6 Å². The van der Waals surface area contributed by atoms with Gasteiger partial charge in [0, 0.05) is 60.8 Å². The van der Waals surface area contributed by atoms with E-state index in [1.165, 1.54) is 0 Å². The van der Waals surface area contributed by atoms with Gasteiger partial charge in [0.2, 0.25) is 6.08 Å². The predicted octanol–water partition coefficient (Wildman–Crippen LogP) is 0.613. The van der Waals surface area contributed by atoms with Crippen molar-refractivity contribution in [1.82, 2.24) is 10.6 Å². The minimum absolute atomic E-state index is 0.326. The van der Waals surface area contributed by atoms with E-state index >= 15 is 0 Å². The maximum Gasteiger partial charge on any atom is 0.300 e. The van der Waals surface area contributed by atoms with Crippen LogP contribution >= 0.6 is 0 Å². The average molecular weight is 535 g/mol. The number of carboxylic acid groups (broad SMARTS) is 5. The molecule has 15 heteroatoms. The lowest BCUT2D eigenvalue weighted by atomic mass is 10.2. The summed E-state index contributed by atoms with van der Waals surface area (Å²) in [6.45, 7) is 8.32. The van der Waals surface area contributed by atoms with Gasteiger partial charge in [0.05, 0.1) is 0 Å². The standard InChI is InChI=1S/C12H18N4O.5C2H4O2/c13-6-7-14-8-9-15-12(16-10-17)11-4-2-1-3-5-11;5*1-2(3)4/h1-5,12,14-15H,6-9,13H2;5*1H3,(H,3,4). The first-order valence-corrected chi connectivity index (χ1v) is 10.3. The molecule has 0 heterocycles. The number of rotatable bonds is 8. The Bertz CT molecular complexity index is 694. The van der Waals surface area contributed by atoms with Gasteiger partial charge in [0.25, 0.3) is 29.8 Å². The monoisotopic (exact) mass is 534 g/mol. The molecule has 0 aromatic heterocycles. The Labute approximate surface area is 215 Å². The topological polar surface area (TPSA) is 266 Å². The largest absolute Gasteiger partial charge is 0.481 e. The fourth-order valence-electron chi connectivity index (χ4n) is 1.45. The molecule has 0 amide bonds. The first-order valence-electron chi connectivity index (χ1n) is 10.3. The van der Waals surface area contributed by atoms with Crippen LogP contribution in [0.15, 0.2) is 35.3 Å². The van der Waals surface area contributed by atoms with Crippen LogP contribution in [0.5, 0.6) is 0 Å². The second-order valence-corrected chi connectivity index (χ2v) is 6.12. The molecule has 1 aromatic rings. The highest BCUT2D eigenvalue weighted by Gasteiger charge is 2.07. The molecule has 15 nitrogen and oxygen atoms in total. The summed E-state index contributed by atoms with van der Waals surface area (Å²) in [4.78, 5) is 59.1. The Morgan fingerprint density at radius 1 is 0.757 bits per heavy atom. The number of hydrogen-bond donors (Lipinski definition) is 8. The highest BCUT2D eigenvalue weighted by atomic mass is 16.4. The van der Waals surface area contributed by atoms with Gasteiger partial charge in [-0.3, -0.25) is 29.3 Å². The molecular formula is C22H38N4O11. The average Bonchev–Trinajstić information content (AvgIpc) is 2.71. The highest BCUT2D eigenvalue weighted by Crippen LogP contribution is 2.12. The molecule has 0 aliphatic rings. The number of carbonyl (C=O) groups excluding carboxylic acids is 1. The molecule has 1 unspecified atom stereocenters. The second-order valence-electron chi connectivity index (χ2n) is 6.12. The van der Waals surface area contributed by atoms with E-state index in [9.17, 15) is 4.79 Å². The molecule has 0 aliphatic carbocycles. The zero-order valence-corrected chi connectivity index (χ0v) is 21.5. The van der Waals surface area contributed by atoms with Gasteiger partial charge in [-0.05, 0) is 5.56 Å². The number of aliphatic imine (C=N–C) groups is 1. The van der Waals surface area contributed by atoms with Crippen molar-refractivity contribution in [2.24, 2.45) is 10.7 Å². The Hall–Kier alpha value is -4.17. The maximum absolute atomic E-state index is 10.4. The molecule has 212 valence electrons. The van der Waals surface area contributed by atoms with Crippen molar-refractivity contribution in [3.05, 3.63) is 35.9 Å². The van der Waals surface area contributed by atoms with Gasteiger partial charge in [-0.25, -0.2) is 4.79 Å². The summed E-state index contributed by atoms with van der Waals surface area (Å²) < 4.78 is 0. The van der Waals surface area contributed by atoms with E-state index in [1.54, 1.807) is 6.08 Å². The van der Waals surface area contributed by atoms with Crippen LogP contribution in [0.2, 0.25) is 0 Å². The van der Waals surface area contributed by atoms with E-state index in [1.807, 2.05) is 30.3 Å². The van der Waals surface area contributed by atoms with Gasteiger partial charge in [0.15, 0.2) is 0 Å². The number of carboxylic acids is 5. The van der Waals surface area contributed by atoms with Crippen LogP contribution in [0, 0.1) is 0 Å². The van der Waals surface area contributed by atoms with E-state index < -0.39 is 29.8 Å². The fourth-order valence-corrected chi connectivity index (χ4v) is 1.45. The molecule has 1 rings (SSSR count). The Morgan fingerprint density at radius 2 is 1.11 bits per heavy atom. The number of hydrogen-bond acceptors (Lipinski definition) is 10. The summed E-state index contributed by atoms with van der Waals surface area (Å²) in [5.74, 6) is -4.17. The third-order valence-corrected chi connectivity index (χ3v) is 2.26. The molecule has 1 atom stereocenters. The smallest absolute Gasteiger partial charge is 0.300 e. The van der Waals surface area contributed by atoms with Crippen molar-refractivity contribution >= 4 is 35.9 Å². The first-order chi connectivity index (χ1) is 17.0. The summed E-state index contributed by atoms with van der Waals surface area (Å²) in [7, 11) is 0. The first kappa shape index (κ1) is 42.9. The predicted molar refractivity (Wildman–Crippen MR) is 134 cm³/mol. The lowest BCUT2D eigenvalue weighted by Crippen LogP contribution is -2.32. The van der Waals surface area contributed by atoms with E-state index in [0.29, 0.717) is 13.1 Å².